The zero-order valence-corrected chi connectivity index (χ0v) is 9.28. The predicted molar refractivity (Wildman–Crippen MR) is 59.5 cm³/mol. The number of hydrogen-bond acceptors (Lipinski definition) is 4. The van der Waals surface area contributed by atoms with Crippen LogP contribution in [0, 0.1) is 11.3 Å². The molecule has 2 rings (SSSR count). The van der Waals surface area contributed by atoms with Gasteiger partial charge in [0, 0.05) is 32.7 Å². The first-order chi connectivity index (χ1) is 7.40. The SMILES string of the molecule is N#CC1CNCCN1CCN1CCCC1. The number of rotatable bonds is 3. The summed E-state index contributed by atoms with van der Waals surface area (Å²) in [7, 11) is 0. The maximum absolute atomic E-state index is 9.01. The molecular formula is C11H20N4. The smallest absolute Gasteiger partial charge is 0.110 e. The van der Waals surface area contributed by atoms with Crippen LogP contribution in [0.2, 0.25) is 0 Å². The molecule has 15 heavy (non-hydrogen) atoms. The van der Waals surface area contributed by atoms with E-state index >= 15 is 0 Å². The summed E-state index contributed by atoms with van der Waals surface area (Å²) >= 11 is 0. The van der Waals surface area contributed by atoms with Crippen LogP contribution in [0.1, 0.15) is 12.8 Å². The predicted octanol–water partition coefficient (Wildman–Crippen LogP) is -0.120. The van der Waals surface area contributed by atoms with Crippen LogP contribution >= 0.6 is 0 Å². The van der Waals surface area contributed by atoms with Crippen LogP contribution in [0.15, 0.2) is 0 Å². The van der Waals surface area contributed by atoms with E-state index in [0.717, 1.165) is 32.7 Å². The van der Waals surface area contributed by atoms with Gasteiger partial charge in [-0.25, -0.2) is 0 Å². The van der Waals surface area contributed by atoms with E-state index in [2.05, 4.69) is 21.2 Å². The van der Waals surface area contributed by atoms with E-state index in [1.54, 1.807) is 0 Å². The fourth-order valence-electron chi connectivity index (χ4n) is 2.42. The molecule has 2 aliphatic heterocycles. The van der Waals surface area contributed by atoms with E-state index in [4.69, 9.17) is 5.26 Å². The van der Waals surface area contributed by atoms with Crippen LogP contribution in [0.3, 0.4) is 0 Å². The van der Waals surface area contributed by atoms with Crippen molar-refractivity contribution in [2.75, 3.05) is 45.8 Å². The van der Waals surface area contributed by atoms with Gasteiger partial charge in [-0.2, -0.15) is 5.26 Å². The molecule has 1 N–H and O–H groups in total. The highest BCUT2D eigenvalue weighted by Gasteiger charge is 2.22. The highest BCUT2D eigenvalue weighted by Crippen LogP contribution is 2.08. The van der Waals surface area contributed by atoms with Gasteiger partial charge in [-0.15, -0.1) is 0 Å². The van der Waals surface area contributed by atoms with Gasteiger partial charge in [0.15, 0.2) is 0 Å². The lowest BCUT2D eigenvalue weighted by atomic mass is 10.2. The Kier molecular flexibility index (Phi) is 3.95. The number of likely N-dealkylation sites (tertiary alicyclic amines) is 1. The Morgan fingerprint density at radius 2 is 2.00 bits per heavy atom. The fraction of sp³-hybridized carbons (Fsp3) is 0.909. The number of nitrogens with one attached hydrogen (secondary N) is 1. The summed E-state index contributed by atoms with van der Waals surface area (Å²) in [5.41, 5.74) is 0. The zero-order chi connectivity index (χ0) is 10.5. The summed E-state index contributed by atoms with van der Waals surface area (Å²) in [6.45, 7) is 7.57. The Bertz CT molecular complexity index is 229. The molecule has 2 saturated heterocycles. The third-order valence-electron chi connectivity index (χ3n) is 3.41. The van der Waals surface area contributed by atoms with Crippen LogP contribution in [0.25, 0.3) is 0 Å². The van der Waals surface area contributed by atoms with Crippen molar-refractivity contribution in [3.8, 4) is 6.07 Å². The molecule has 1 unspecified atom stereocenters. The summed E-state index contributed by atoms with van der Waals surface area (Å²) < 4.78 is 0. The minimum atomic E-state index is 0.0846. The fourth-order valence-corrected chi connectivity index (χ4v) is 2.42. The van der Waals surface area contributed by atoms with Gasteiger partial charge in [-0.3, -0.25) is 4.90 Å². The largest absolute Gasteiger partial charge is 0.313 e. The van der Waals surface area contributed by atoms with E-state index in [1.807, 2.05) is 0 Å². The summed E-state index contributed by atoms with van der Waals surface area (Å²) in [4.78, 5) is 4.82. The number of piperazine rings is 1. The van der Waals surface area contributed by atoms with E-state index in [-0.39, 0.29) is 6.04 Å². The van der Waals surface area contributed by atoms with Crippen molar-refractivity contribution < 1.29 is 0 Å². The van der Waals surface area contributed by atoms with E-state index in [9.17, 15) is 0 Å². The molecule has 0 radical (unpaired) electrons. The van der Waals surface area contributed by atoms with E-state index < -0.39 is 0 Å². The molecule has 4 nitrogen and oxygen atoms in total. The van der Waals surface area contributed by atoms with Gasteiger partial charge in [0.25, 0.3) is 0 Å². The van der Waals surface area contributed by atoms with Gasteiger partial charge in [0.2, 0.25) is 0 Å². The molecule has 0 amide bonds. The lowest BCUT2D eigenvalue weighted by Crippen LogP contribution is -2.52. The van der Waals surface area contributed by atoms with E-state index in [1.165, 1.54) is 25.9 Å². The molecule has 2 fully saturated rings. The van der Waals surface area contributed by atoms with Crippen molar-refractivity contribution in [2.45, 2.75) is 18.9 Å². The van der Waals surface area contributed by atoms with E-state index in [0.29, 0.717) is 0 Å². The monoisotopic (exact) mass is 208 g/mol. The van der Waals surface area contributed by atoms with Gasteiger partial charge < -0.3 is 10.2 Å². The summed E-state index contributed by atoms with van der Waals surface area (Å²) in [6.07, 6.45) is 2.70. The lowest BCUT2D eigenvalue weighted by molar-refractivity contribution is 0.172. The molecule has 0 saturated carbocycles. The average Bonchev–Trinajstić information content (AvgIpc) is 2.79. The van der Waals surface area contributed by atoms with Crippen molar-refractivity contribution in [3.63, 3.8) is 0 Å². The minimum Gasteiger partial charge on any atom is -0.313 e. The molecule has 0 bridgehead atoms. The Morgan fingerprint density at radius 3 is 2.73 bits per heavy atom. The first-order valence-corrected chi connectivity index (χ1v) is 5.97. The van der Waals surface area contributed by atoms with Crippen LogP contribution in [-0.4, -0.2) is 61.7 Å². The maximum Gasteiger partial charge on any atom is 0.110 e. The first-order valence-electron chi connectivity index (χ1n) is 5.97. The molecule has 1 atom stereocenters. The average molecular weight is 208 g/mol. The second-order valence-electron chi connectivity index (χ2n) is 4.43. The highest BCUT2D eigenvalue weighted by molar-refractivity contribution is 4.96. The Hall–Kier alpha value is -0.630. The number of hydrogen-bond donors (Lipinski definition) is 1. The lowest BCUT2D eigenvalue weighted by Gasteiger charge is -2.33. The summed E-state index contributed by atoms with van der Waals surface area (Å²) in [5.74, 6) is 0. The second kappa shape index (κ2) is 5.45. The molecule has 0 aromatic rings. The van der Waals surface area contributed by atoms with Crippen molar-refractivity contribution in [1.82, 2.24) is 15.1 Å². The summed E-state index contributed by atoms with van der Waals surface area (Å²) in [5, 5.41) is 12.3. The molecule has 0 aromatic carbocycles. The van der Waals surface area contributed by atoms with Gasteiger partial charge in [-0.1, -0.05) is 0 Å². The van der Waals surface area contributed by atoms with Crippen molar-refractivity contribution in [1.29, 1.82) is 5.26 Å². The van der Waals surface area contributed by atoms with Gasteiger partial charge in [0.1, 0.15) is 6.04 Å². The van der Waals surface area contributed by atoms with Crippen molar-refractivity contribution in [2.24, 2.45) is 0 Å². The molecule has 0 aromatic heterocycles. The molecule has 2 aliphatic rings. The van der Waals surface area contributed by atoms with Gasteiger partial charge >= 0.3 is 0 Å². The Labute approximate surface area is 91.8 Å². The highest BCUT2D eigenvalue weighted by atomic mass is 15.2. The van der Waals surface area contributed by atoms with Crippen molar-refractivity contribution in [3.05, 3.63) is 0 Å². The standard InChI is InChI=1S/C11H20N4/c12-9-11-10-13-3-6-15(11)8-7-14-4-1-2-5-14/h11,13H,1-8,10H2. The number of nitrogens with zero attached hydrogens (tertiary/aromatic N) is 3. The third kappa shape index (κ3) is 2.91. The topological polar surface area (TPSA) is 42.3 Å². The van der Waals surface area contributed by atoms with Crippen molar-refractivity contribution >= 4 is 0 Å². The Balaban J connectivity index is 1.74. The first kappa shape index (κ1) is 10.9. The van der Waals surface area contributed by atoms with Gasteiger partial charge in [-0.05, 0) is 25.9 Å². The quantitative estimate of drug-likeness (QED) is 0.702. The van der Waals surface area contributed by atoms with Crippen LogP contribution in [-0.2, 0) is 0 Å². The zero-order valence-electron chi connectivity index (χ0n) is 9.28. The molecule has 0 spiro atoms. The van der Waals surface area contributed by atoms with Crippen LogP contribution in [0.4, 0.5) is 0 Å². The normalized spacial score (nSPS) is 29.1. The summed E-state index contributed by atoms with van der Waals surface area (Å²) in [6, 6.07) is 2.46. The number of nitriles is 1. The van der Waals surface area contributed by atoms with Gasteiger partial charge in [0.05, 0.1) is 6.07 Å². The molecule has 2 heterocycles. The molecule has 4 heteroatoms. The molecular weight excluding hydrogens is 188 g/mol. The molecule has 0 aliphatic carbocycles. The van der Waals surface area contributed by atoms with Crippen LogP contribution < -0.4 is 5.32 Å². The maximum atomic E-state index is 9.01. The van der Waals surface area contributed by atoms with Crippen LogP contribution in [0.5, 0.6) is 0 Å². The Morgan fingerprint density at radius 1 is 1.20 bits per heavy atom. The second-order valence-corrected chi connectivity index (χ2v) is 4.43. The molecule has 84 valence electrons. The minimum absolute atomic E-state index is 0.0846. The third-order valence-corrected chi connectivity index (χ3v) is 3.41.